The van der Waals surface area contributed by atoms with Gasteiger partial charge in [0.15, 0.2) is 11.5 Å². The van der Waals surface area contributed by atoms with Gasteiger partial charge in [0.25, 0.3) is 5.56 Å². The number of hydrogen-bond acceptors (Lipinski definition) is 5. The predicted octanol–water partition coefficient (Wildman–Crippen LogP) is 5.78. The third-order valence-electron chi connectivity index (χ3n) is 4.81. The molecule has 0 amide bonds. The molecule has 2 aromatic carbocycles. The molecule has 0 saturated carbocycles. The summed E-state index contributed by atoms with van der Waals surface area (Å²) in [7, 11) is 1.53. The topological polar surface area (TPSA) is 65.7 Å². The van der Waals surface area contributed by atoms with Crippen molar-refractivity contribution < 1.29 is 9.47 Å². The first-order valence-electron chi connectivity index (χ1n) is 9.77. The Kier molecular flexibility index (Phi) is 7.51. The molecular formula is C23H23BrClN3O3. The van der Waals surface area contributed by atoms with Crippen LogP contribution in [0.25, 0.3) is 10.9 Å². The lowest BCUT2D eigenvalue weighted by molar-refractivity contribution is 0.326. The molecular weight excluding hydrogens is 482 g/mol. The number of halogens is 2. The number of fused-ring (bicyclic) bond motifs is 1. The number of hydrogen-bond donors (Lipinski definition) is 0. The van der Waals surface area contributed by atoms with Gasteiger partial charge in [-0.25, -0.2) is 4.98 Å². The third kappa shape index (κ3) is 4.99. The van der Waals surface area contributed by atoms with Crippen molar-refractivity contribution >= 4 is 44.6 Å². The normalized spacial score (nSPS) is 12.3. The summed E-state index contributed by atoms with van der Waals surface area (Å²) in [4.78, 5) is 17.9. The van der Waals surface area contributed by atoms with Crippen molar-refractivity contribution in [1.29, 1.82) is 0 Å². The van der Waals surface area contributed by atoms with Gasteiger partial charge < -0.3 is 9.47 Å². The molecule has 8 heteroatoms. The Morgan fingerprint density at radius 3 is 2.81 bits per heavy atom. The fourth-order valence-corrected chi connectivity index (χ4v) is 3.63. The summed E-state index contributed by atoms with van der Waals surface area (Å²) in [6, 6.07) is 8.89. The van der Waals surface area contributed by atoms with Gasteiger partial charge in [0.2, 0.25) is 0 Å². The van der Waals surface area contributed by atoms with Gasteiger partial charge in [-0.1, -0.05) is 54.0 Å². The molecule has 0 radical (unpaired) electrons. The lowest BCUT2D eigenvalue weighted by atomic mass is 10.1. The Labute approximate surface area is 194 Å². The molecule has 3 rings (SSSR count). The molecule has 0 spiro atoms. The predicted molar refractivity (Wildman–Crippen MR) is 129 cm³/mol. The van der Waals surface area contributed by atoms with Crippen LogP contribution in [0.4, 0.5) is 0 Å². The Hall–Kier alpha value is -2.64. The molecule has 31 heavy (non-hydrogen) atoms. The summed E-state index contributed by atoms with van der Waals surface area (Å²) < 4.78 is 13.1. The molecule has 162 valence electrons. The summed E-state index contributed by atoms with van der Waals surface area (Å²) in [6.45, 7) is 8.00. The number of nitrogens with zero attached hydrogens (tertiary/aromatic N) is 3. The van der Waals surface area contributed by atoms with Crippen LogP contribution in [0.2, 0.25) is 5.02 Å². The summed E-state index contributed by atoms with van der Waals surface area (Å²) in [5, 5.41) is 5.32. The molecule has 0 saturated heterocycles. The second-order valence-electron chi connectivity index (χ2n) is 6.94. The number of ether oxygens (including phenoxy) is 2. The van der Waals surface area contributed by atoms with E-state index >= 15 is 0 Å². The molecule has 0 aliphatic heterocycles. The lowest BCUT2D eigenvalue weighted by Gasteiger charge is -2.14. The third-order valence-corrected chi connectivity index (χ3v) is 5.58. The Balaban J connectivity index is 2.12. The van der Waals surface area contributed by atoms with Gasteiger partial charge in [-0.15, -0.1) is 0 Å². The first-order valence-corrected chi connectivity index (χ1v) is 10.9. The van der Waals surface area contributed by atoms with Crippen molar-refractivity contribution in [3.05, 3.63) is 74.2 Å². The number of aromatic nitrogens is 2. The van der Waals surface area contributed by atoms with Gasteiger partial charge in [0.1, 0.15) is 12.4 Å². The maximum atomic E-state index is 13.2. The van der Waals surface area contributed by atoms with Crippen LogP contribution < -0.4 is 15.0 Å². The van der Waals surface area contributed by atoms with E-state index in [0.717, 1.165) is 10.9 Å². The number of benzene rings is 2. The zero-order valence-electron chi connectivity index (χ0n) is 17.6. The Morgan fingerprint density at radius 1 is 1.35 bits per heavy atom. The maximum Gasteiger partial charge on any atom is 0.282 e. The molecule has 0 N–H and O–H groups in total. The van der Waals surface area contributed by atoms with Gasteiger partial charge in [-0.2, -0.15) is 9.78 Å². The van der Waals surface area contributed by atoms with Crippen molar-refractivity contribution in [2.24, 2.45) is 5.10 Å². The van der Waals surface area contributed by atoms with Crippen LogP contribution in [0.15, 0.2) is 57.4 Å². The van der Waals surface area contributed by atoms with Gasteiger partial charge in [0.05, 0.1) is 29.2 Å². The van der Waals surface area contributed by atoms with Crippen molar-refractivity contribution in [3.8, 4) is 11.5 Å². The minimum absolute atomic E-state index is 0.0469. The largest absolute Gasteiger partial charge is 0.493 e. The summed E-state index contributed by atoms with van der Waals surface area (Å²) >= 11 is 9.79. The van der Waals surface area contributed by atoms with Crippen molar-refractivity contribution in [1.82, 2.24) is 9.66 Å². The average Bonchev–Trinajstić information content (AvgIpc) is 2.77. The van der Waals surface area contributed by atoms with Crippen molar-refractivity contribution in [2.75, 3.05) is 13.7 Å². The quantitative estimate of drug-likeness (QED) is 0.288. The molecule has 0 fully saturated rings. The van der Waals surface area contributed by atoms with E-state index in [1.54, 1.807) is 30.5 Å². The number of methoxy groups -OCH3 is 1. The average molecular weight is 505 g/mol. The highest BCUT2D eigenvalue weighted by atomic mass is 79.9. The zero-order valence-corrected chi connectivity index (χ0v) is 19.9. The smallest absolute Gasteiger partial charge is 0.282 e. The molecule has 0 bridgehead atoms. The molecule has 0 aliphatic rings. The van der Waals surface area contributed by atoms with Crippen LogP contribution in [-0.4, -0.2) is 29.6 Å². The fraction of sp³-hybridized carbons (Fsp3) is 0.261. The molecule has 0 aliphatic carbocycles. The first kappa shape index (κ1) is 23.0. The fourth-order valence-electron chi connectivity index (χ4n) is 3.00. The molecule has 1 heterocycles. The highest BCUT2D eigenvalue weighted by molar-refractivity contribution is 9.10. The monoisotopic (exact) mass is 503 g/mol. The minimum atomic E-state index is -0.234. The van der Waals surface area contributed by atoms with E-state index in [4.69, 9.17) is 26.1 Å². The van der Waals surface area contributed by atoms with Gasteiger partial charge in [0, 0.05) is 10.4 Å². The minimum Gasteiger partial charge on any atom is -0.493 e. The summed E-state index contributed by atoms with van der Waals surface area (Å²) in [5.74, 6) is 1.54. The van der Waals surface area contributed by atoms with Gasteiger partial charge >= 0.3 is 0 Å². The summed E-state index contributed by atoms with van der Waals surface area (Å²) in [5.41, 5.74) is 1.06. The first-order chi connectivity index (χ1) is 14.9. The molecule has 6 nitrogen and oxygen atoms in total. The molecule has 1 atom stereocenters. The molecule has 0 unspecified atom stereocenters. The van der Waals surface area contributed by atoms with E-state index < -0.39 is 0 Å². The summed E-state index contributed by atoms with van der Waals surface area (Å²) in [6.07, 6.45) is 4.00. The van der Waals surface area contributed by atoms with E-state index in [1.165, 1.54) is 11.8 Å². The van der Waals surface area contributed by atoms with Crippen LogP contribution >= 0.6 is 27.5 Å². The SMILES string of the molecule is C=CCOc1c(Cl)cc(C=Nn2c([C@H](C)CC)nc3ccc(Br)cc3c2=O)cc1OC. The Morgan fingerprint density at radius 2 is 2.13 bits per heavy atom. The van der Waals surface area contributed by atoms with Crippen LogP contribution in [0.5, 0.6) is 11.5 Å². The highest BCUT2D eigenvalue weighted by Crippen LogP contribution is 2.36. The Bertz CT molecular complexity index is 1210. The van der Waals surface area contributed by atoms with Crippen LogP contribution in [0.3, 0.4) is 0 Å². The van der Waals surface area contributed by atoms with E-state index in [2.05, 4.69) is 27.6 Å². The van der Waals surface area contributed by atoms with Crippen molar-refractivity contribution in [2.45, 2.75) is 26.2 Å². The van der Waals surface area contributed by atoms with Crippen molar-refractivity contribution in [3.63, 3.8) is 0 Å². The van der Waals surface area contributed by atoms with Crippen LogP contribution in [0, 0.1) is 0 Å². The second kappa shape index (κ2) is 10.1. The molecule has 1 aromatic heterocycles. The van der Waals surface area contributed by atoms with Gasteiger partial charge in [-0.3, -0.25) is 4.79 Å². The van der Waals surface area contributed by atoms with Crippen LogP contribution in [0.1, 0.15) is 37.6 Å². The van der Waals surface area contributed by atoms with E-state index in [1.807, 2.05) is 26.0 Å². The van der Waals surface area contributed by atoms with Gasteiger partial charge in [-0.05, 0) is 42.3 Å². The molecule has 3 aromatic rings. The standard InChI is InChI=1S/C23H23BrClN3O3/c1-5-9-31-21-18(25)10-15(11-20(21)30-4)13-26-28-22(14(3)6-2)27-19-8-7-16(24)12-17(19)23(28)29/h5,7-8,10-14H,1,6,9H2,2-4H3/t14-/m1/s1. The highest BCUT2D eigenvalue weighted by Gasteiger charge is 2.16. The van der Waals surface area contributed by atoms with E-state index in [9.17, 15) is 4.79 Å². The van der Waals surface area contributed by atoms with Crippen LogP contribution in [-0.2, 0) is 0 Å². The maximum absolute atomic E-state index is 13.2. The zero-order chi connectivity index (χ0) is 22.5. The van der Waals surface area contributed by atoms with E-state index in [0.29, 0.717) is 45.4 Å². The second-order valence-corrected chi connectivity index (χ2v) is 8.26. The van der Waals surface area contributed by atoms with E-state index in [-0.39, 0.29) is 11.5 Å². The number of rotatable bonds is 8. The lowest BCUT2D eigenvalue weighted by Crippen LogP contribution is -2.23.